The van der Waals surface area contributed by atoms with Crippen LogP contribution in [0.2, 0.25) is 5.02 Å². The van der Waals surface area contributed by atoms with Crippen LogP contribution in [0.5, 0.6) is 0 Å². The average molecular weight is 244 g/mol. The summed E-state index contributed by atoms with van der Waals surface area (Å²) in [4.78, 5) is 0. The van der Waals surface area contributed by atoms with Crippen molar-refractivity contribution in [2.45, 2.75) is 39.0 Å². The van der Waals surface area contributed by atoms with Crippen LogP contribution in [-0.2, 0) is 11.3 Å². The number of aryl methyl sites for hydroxylation is 1. The Balaban J connectivity index is 2.25. The highest BCUT2D eigenvalue weighted by Gasteiger charge is 2.33. The van der Waals surface area contributed by atoms with Gasteiger partial charge in [0.2, 0.25) is 0 Å². The van der Waals surface area contributed by atoms with Crippen LogP contribution in [-0.4, -0.2) is 22.5 Å². The SMILES string of the molecule is CCn1ncc(Cl)c1C(N)C1OCCC1C. The number of aromatic nitrogens is 2. The van der Waals surface area contributed by atoms with Gasteiger partial charge in [-0.15, -0.1) is 0 Å². The van der Waals surface area contributed by atoms with Gasteiger partial charge in [0, 0.05) is 13.2 Å². The lowest BCUT2D eigenvalue weighted by Gasteiger charge is -2.23. The highest BCUT2D eigenvalue weighted by molar-refractivity contribution is 6.31. The molecule has 1 aromatic heterocycles. The van der Waals surface area contributed by atoms with E-state index in [1.54, 1.807) is 6.20 Å². The zero-order chi connectivity index (χ0) is 11.7. The van der Waals surface area contributed by atoms with Gasteiger partial charge in [-0.3, -0.25) is 4.68 Å². The lowest BCUT2D eigenvalue weighted by atomic mass is 9.96. The first-order valence-corrected chi connectivity index (χ1v) is 6.11. The molecule has 0 bridgehead atoms. The summed E-state index contributed by atoms with van der Waals surface area (Å²) in [5.74, 6) is 0.478. The van der Waals surface area contributed by atoms with Crippen LogP contribution in [0.25, 0.3) is 0 Å². The molecule has 1 aromatic rings. The number of nitrogens with two attached hydrogens (primary N) is 1. The van der Waals surface area contributed by atoms with Crippen molar-refractivity contribution >= 4 is 11.6 Å². The quantitative estimate of drug-likeness (QED) is 0.883. The zero-order valence-electron chi connectivity index (χ0n) is 9.69. The van der Waals surface area contributed by atoms with Gasteiger partial charge in [0.05, 0.1) is 29.1 Å². The van der Waals surface area contributed by atoms with Crippen molar-refractivity contribution < 1.29 is 4.74 Å². The first-order valence-electron chi connectivity index (χ1n) is 5.73. The van der Waals surface area contributed by atoms with E-state index < -0.39 is 0 Å². The Morgan fingerprint density at radius 3 is 3.06 bits per heavy atom. The Kier molecular flexibility index (Phi) is 3.52. The van der Waals surface area contributed by atoms with E-state index >= 15 is 0 Å². The standard InChI is InChI=1S/C11H18ClN3O/c1-3-15-10(8(12)6-14-15)9(13)11-7(2)4-5-16-11/h6-7,9,11H,3-5,13H2,1-2H3. The fourth-order valence-corrected chi connectivity index (χ4v) is 2.55. The summed E-state index contributed by atoms with van der Waals surface area (Å²) < 4.78 is 7.53. The largest absolute Gasteiger partial charge is 0.376 e. The minimum Gasteiger partial charge on any atom is -0.376 e. The van der Waals surface area contributed by atoms with Gasteiger partial charge in [-0.25, -0.2) is 0 Å². The molecule has 4 nitrogen and oxygen atoms in total. The molecule has 2 N–H and O–H groups in total. The number of rotatable bonds is 3. The van der Waals surface area contributed by atoms with E-state index in [0.717, 1.165) is 25.3 Å². The van der Waals surface area contributed by atoms with Gasteiger partial charge in [-0.1, -0.05) is 18.5 Å². The molecule has 2 heterocycles. The normalized spacial score (nSPS) is 27.2. The second-order valence-corrected chi connectivity index (χ2v) is 4.73. The van der Waals surface area contributed by atoms with Crippen molar-refractivity contribution in [2.75, 3.05) is 6.61 Å². The summed E-state index contributed by atoms with van der Waals surface area (Å²) in [5.41, 5.74) is 7.13. The Morgan fingerprint density at radius 1 is 1.75 bits per heavy atom. The number of ether oxygens (including phenoxy) is 1. The van der Waals surface area contributed by atoms with Crippen LogP contribution in [0.4, 0.5) is 0 Å². The van der Waals surface area contributed by atoms with Gasteiger partial charge in [0.15, 0.2) is 0 Å². The molecule has 0 aromatic carbocycles. The van der Waals surface area contributed by atoms with Crippen LogP contribution in [0.1, 0.15) is 32.0 Å². The molecule has 0 spiro atoms. The fraction of sp³-hybridized carbons (Fsp3) is 0.727. The van der Waals surface area contributed by atoms with Gasteiger partial charge < -0.3 is 10.5 Å². The molecule has 0 saturated carbocycles. The minimum atomic E-state index is -0.188. The highest BCUT2D eigenvalue weighted by Crippen LogP contribution is 2.32. The van der Waals surface area contributed by atoms with E-state index in [1.807, 2.05) is 11.6 Å². The van der Waals surface area contributed by atoms with Gasteiger partial charge in [0.25, 0.3) is 0 Å². The summed E-state index contributed by atoms with van der Waals surface area (Å²) in [5, 5.41) is 4.84. The number of hydrogen-bond acceptors (Lipinski definition) is 3. The summed E-state index contributed by atoms with van der Waals surface area (Å²) >= 11 is 6.13. The molecule has 5 heteroatoms. The molecule has 0 radical (unpaired) electrons. The lowest BCUT2D eigenvalue weighted by molar-refractivity contribution is 0.0701. The predicted molar refractivity (Wildman–Crippen MR) is 63.4 cm³/mol. The maximum atomic E-state index is 6.24. The van der Waals surface area contributed by atoms with E-state index in [1.165, 1.54) is 0 Å². The third-order valence-electron chi connectivity index (χ3n) is 3.25. The van der Waals surface area contributed by atoms with Gasteiger partial charge in [-0.2, -0.15) is 5.10 Å². The van der Waals surface area contributed by atoms with Gasteiger partial charge in [-0.05, 0) is 19.3 Å². The maximum Gasteiger partial charge on any atom is 0.0835 e. The Hall–Kier alpha value is -0.580. The monoisotopic (exact) mass is 243 g/mol. The molecular weight excluding hydrogens is 226 g/mol. The lowest BCUT2D eigenvalue weighted by Crippen LogP contribution is -2.32. The molecule has 1 aliphatic heterocycles. The summed E-state index contributed by atoms with van der Waals surface area (Å²) in [6, 6.07) is -0.188. The molecule has 3 atom stereocenters. The van der Waals surface area contributed by atoms with Crippen molar-refractivity contribution in [3.8, 4) is 0 Å². The smallest absolute Gasteiger partial charge is 0.0835 e. The van der Waals surface area contributed by atoms with Crippen molar-refractivity contribution in [1.82, 2.24) is 9.78 Å². The first kappa shape index (κ1) is 11.9. The first-order chi connectivity index (χ1) is 7.65. The average Bonchev–Trinajstić information content (AvgIpc) is 2.83. The maximum absolute atomic E-state index is 6.24. The predicted octanol–water partition coefficient (Wildman–Crippen LogP) is 1.98. The fourth-order valence-electron chi connectivity index (χ4n) is 2.29. The second kappa shape index (κ2) is 4.73. The minimum absolute atomic E-state index is 0.0551. The van der Waals surface area contributed by atoms with Crippen molar-refractivity contribution in [1.29, 1.82) is 0 Å². The third kappa shape index (κ3) is 1.97. The van der Waals surface area contributed by atoms with E-state index in [4.69, 9.17) is 22.1 Å². The van der Waals surface area contributed by atoms with Gasteiger partial charge in [0.1, 0.15) is 0 Å². The van der Waals surface area contributed by atoms with Crippen molar-refractivity contribution in [2.24, 2.45) is 11.7 Å². The van der Waals surface area contributed by atoms with Crippen molar-refractivity contribution in [3.63, 3.8) is 0 Å². The van der Waals surface area contributed by atoms with Gasteiger partial charge >= 0.3 is 0 Å². The zero-order valence-corrected chi connectivity index (χ0v) is 10.4. The Labute approximate surface area is 101 Å². The molecule has 3 unspecified atom stereocenters. The molecule has 1 saturated heterocycles. The van der Waals surface area contributed by atoms with E-state index in [-0.39, 0.29) is 12.1 Å². The van der Waals surface area contributed by atoms with Crippen LogP contribution in [0.15, 0.2) is 6.20 Å². The number of nitrogens with zero attached hydrogens (tertiary/aromatic N) is 2. The summed E-state index contributed by atoms with van der Waals surface area (Å²) in [6.07, 6.45) is 2.77. The summed E-state index contributed by atoms with van der Waals surface area (Å²) in [6.45, 7) is 5.75. The molecular formula is C11H18ClN3O. The number of hydrogen-bond donors (Lipinski definition) is 1. The van der Waals surface area contributed by atoms with Crippen LogP contribution in [0, 0.1) is 5.92 Å². The molecule has 2 rings (SSSR count). The molecule has 0 aliphatic carbocycles. The second-order valence-electron chi connectivity index (χ2n) is 4.32. The third-order valence-corrected chi connectivity index (χ3v) is 3.54. The van der Waals surface area contributed by atoms with E-state index in [2.05, 4.69) is 12.0 Å². The van der Waals surface area contributed by atoms with Crippen LogP contribution < -0.4 is 5.73 Å². The Morgan fingerprint density at radius 2 is 2.50 bits per heavy atom. The highest BCUT2D eigenvalue weighted by atomic mass is 35.5. The van der Waals surface area contributed by atoms with Crippen LogP contribution >= 0.6 is 11.6 Å². The number of halogens is 1. The Bertz CT molecular complexity index is 366. The summed E-state index contributed by atoms with van der Waals surface area (Å²) in [7, 11) is 0. The van der Waals surface area contributed by atoms with Crippen molar-refractivity contribution in [3.05, 3.63) is 16.9 Å². The molecule has 1 aliphatic rings. The topological polar surface area (TPSA) is 53.1 Å². The molecule has 90 valence electrons. The van der Waals surface area contributed by atoms with Crippen LogP contribution in [0.3, 0.4) is 0 Å². The molecule has 1 fully saturated rings. The molecule has 0 amide bonds. The van der Waals surface area contributed by atoms with E-state index in [0.29, 0.717) is 10.9 Å². The molecule has 16 heavy (non-hydrogen) atoms. The van der Waals surface area contributed by atoms with E-state index in [9.17, 15) is 0 Å².